The van der Waals surface area contributed by atoms with E-state index in [9.17, 15) is 0 Å². The molecular formula is C121H190N24O2S3. The molecule has 0 fully saturated rings. The highest BCUT2D eigenvalue weighted by Crippen LogP contribution is 2.31. The summed E-state index contributed by atoms with van der Waals surface area (Å²) in [5.41, 5.74) is 19.6. The summed E-state index contributed by atoms with van der Waals surface area (Å²) in [5.74, 6) is 2.44. The first-order chi connectivity index (χ1) is 68.7. The lowest BCUT2D eigenvalue weighted by Gasteiger charge is -2.18. The summed E-state index contributed by atoms with van der Waals surface area (Å²) in [6.45, 7) is 103. The Balaban J connectivity index is 0.000000800. The predicted octanol–water partition coefficient (Wildman–Crippen LogP) is 32.5. The van der Waals surface area contributed by atoms with E-state index in [-0.39, 0.29) is 81.2 Å². The van der Waals surface area contributed by atoms with Crippen LogP contribution in [0.2, 0.25) is 0 Å². The Kier molecular flexibility index (Phi) is 56.6. The second-order valence-corrected chi connectivity index (χ2v) is 54.8. The number of allylic oxidation sites excluding steroid dienone is 1. The number of hydrogen-bond donors (Lipinski definition) is 3. The maximum absolute atomic E-state index is 5.09. The molecule has 0 atom stereocenters. The van der Waals surface area contributed by atoms with E-state index in [1.54, 1.807) is 109 Å². The minimum Gasteiger partial charge on any atom is -0.448 e. The first-order valence-electron chi connectivity index (χ1n) is 51.4. The van der Waals surface area contributed by atoms with Crippen molar-refractivity contribution in [2.45, 2.75) is 421 Å². The molecule has 0 amide bonds. The number of thiazole rings is 3. The number of tetrazole rings is 1. The number of rotatable bonds is 0. The van der Waals surface area contributed by atoms with E-state index in [0.29, 0.717) is 5.41 Å². The van der Waals surface area contributed by atoms with Gasteiger partial charge >= 0.3 is 0 Å². The number of hydrogen-bond acceptors (Lipinski definition) is 26. The number of H-pyrrole nitrogens is 3. The number of oxazole rings is 1. The number of aromatic amines is 3. The Labute approximate surface area is 916 Å². The molecule has 2 aliphatic rings. The lowest BCUT2D eigenvalue weighted by atomic mass is 9.87. The monoisotopic (exact) mass is 2110 g/mol. The largest absolute Gasteiger partial charge is 0.448 e. The Morgan fingerprint density at radius 3 is 1.13 bits per heavy atom. The van der Waals surface area contributed by atoms with E-state index in [1.165, 1.54) is 49.5 Å². The second kappa shape index (κ2) is 62.3. The van der Waals surface area contributed by atoms with Gasteiger partial charge in [-0.2, -0.15) is 20.5 Å². The minimum atomic E-state index is 0.00694. The van der Waals surface area contributed by atoms with Crippen molar-refractivity contribution in [1.29, 1.82) is 0 Å². The number of aromatic nitrogens is 21. The fraction of sp³-hybridized carbons (Fsp3) is 0.545. The van der Waals surface area contributed by atoms with Crippen molar-refractivity contribution < 1.29 is 8.94 Å². The van der Waals surface area contributed by atoms with Gasteiger partial charge in [-0.05, 0) is 69.8 Å². The van der Waals surface area contributed by atoms with Gasteiger partial charge in [0, 0.05) is 226 Å². The first-order valence-corrected chi connectivity index (χ1v) is 54.1. The summed E-state index contributed by atoms with van der Waals surface area (Å²) < 4.78 is 9.78. The van der Waals surface area contributed by atoms with E-state index < -0.39 is 0 Å². The van der Waals surface area contributed by atoms with Gasteiger partial charge in [0.1, 0.15) is 24.7 Å². The maximum atomic E-state index is 5.09. The number of nitrogens with one attached hydrogen (secondary N) is 3. The van der Waals surface area contributed by atoms with Crippen molar-refractivity contribution in [3.05, 3.63) is 309 Å². The molecule has 13 aromatic heterocycles. The van der Waals surface area contributed by atoms with Crippen LogP contribution in [0.25, 0.3) is 0 Å². The molecule has 0 saturated carbocycles. The number of aliphatic imine (C=N–C) groups is 1. The van der Waals surface area contributed by atoms with Crippen LogP contribution in [0.3, 0.4) is 0 Å². The second-order valence-electron chi connectivity index (χ2n) is 52.3. The van der Waals surface area contributed by atoms with Gasteiger partial charge in [0.25, 0.3) is 0 Å². The summed E-state index contributed by atoms with van der Waals surface area (Å²) in [4.78, 5) is 61.7. The van der Waals surface area contributed by atoms with Crippen molar-refractivity contribution in [1.82, 2.24) is 106 Å². The summed E-state index contributed by atoms with van der Waals surface area (Å²) >= 11 is 5.09. The first kappa shape index (κ1) is 136. The highest BCUT2D eigenvalue weighted by atomic mass is 32.1. The van der Waals surface area contributed by atoms with Gasteiger partial charge in [0.15, 0.2) is 11.7 Å². The van der Waals surface area contributed by atoms with Crippen molar-refractivity contribution in [3.8, 4) is 0 Å². The lowest BCUT2D eigenvalue weighted by molar-refractivity contribution is 0.392. The van der Waals surface area contributed by atoms with Crippen LogP contribution in [0.15, 0.2) is 255 Å². The van der Waals surface area contributed by atoms with Crippen LogP contribution in [-0.2, 0) is 75.8 Å². The molecule has 15 heterocycles. The summed E-state index contributed by atoms with van der Waals surface area (Å²) in [5, 5.41) is 37.3. The highest BCUT2D eigenvalue weighted by Gasteiger charge is 2.26. The molecule has 16 rings (SSSR count). The van der Waals surface area contributed by atoms with Gasteiger partial charge in [-0.1, -0.05) is 385 Å². The van der Waals surface area contributed by atoms with Crippen LogP contribution in [0.4, 0.5) is 0 Å². The average molecular weight is 2110 g/mol. The van der Waals surface area contributed by atoms with Crippen molar-refractivity contribution in [2.75, 3.05) is 0 Å². The molecule has 29 heteroatoms. The van der Waals surface area contributed by atoms with Gasteiger partial charge in [-0.3, -0.25) is 35.0 Å². The Morgan fingerprint density at radius 1 is 0.333 bits per heavy atom. The van der Waals surface area contributed by atoms with Gasteiger partial charge in [-0.15, -0.1) is 44.2 Å². The van der Waals surface area contributed by atoms with Crippen LogP contribution < -0.4 is 0 Å². The van der Waals surface area contributed by atoms with E-state index in [1.807, 2.05) is 123 Å². The van der Waals surface area contributed by atoms with E-state index in [4.69, 9.17) is 8.94 Å². The third-order valence-corrected chi connectivity index (χ3v) is 23.8. The number of imidazole rings is 1. The summed E-state index contributed by atoms with van der Waals surface area (Å²) in [6, 6.07) is 28.3. The highest BCUT2D eigenvalue weighted by molar-refractivity contribution is 7.10. The van der Waals surface area contributed by atoms with Crippen LogP contribution in [0.1, 0.15) is 424 Å². The van der Waals surface area contributed by atoms with E-state index in [0.717, 1.165) is 53.2 Å². The SMILES string of the molecule is CC(C)(C)C1=NC=CC1.CC(C)(C)C1=NN=CC1.CC(C)(C)c1ccccc1.CC(C)(C)c1ccccn1.CC(C)(C)c1ccn[nH]1.CC(C)(C)c1ccncc1.CC(C)(C)c1ccncn1.CC(C)(C)c1ccon1.CC(C)(C)c1cnc[nH]1.CC(C)(C)c1cnccn1.CC(C)(C)c1cncs1.CC(C)(C)c1cscn1.CC(C)(C)c1ncccn1.CC(C)(C)c1ncco1.CC(C)(C)c1nccs1.CC(C)(C)c1nn[nH]n1. The lowest BCUT2D eigenvalue weighted by Crippen LogP contribution is -2.18. The van der Waals surface area contributed by atoms with E-state index in [2.05, 4.69) is 493 Å². The Morgan fingerprint density at radius 2 is 0.880 bits per heavy atom. The van der Waals surface area contributed by atoms with Crippen LogP contribution in [-0.4, -0.2) is 123 Å². The van der Waals surface area contributed by atoms with E-state index >= 15 is 0 Å². The molecule has 14 aromatic rings. The fourth-order valence-corrected chi connectivity index (χ4v) is 13.3. The Bertz CT molecular complexity index is 4850. The summed E-state index contributed by atoms with van der Waals surface area (Å²) in [7, 11) is 0. The molecule has 0 aliphatic carbocycles. The predicted molar refractivity (Wildman–Crippen MR) is 634 cm³/mol. The number of benzene rings is 1. The van der Waals surface area contributed by atoms with Crippen molar-refractivity contribution >= 4 is 51.6 Å². The van der Waals surface area contributed by atoms with Crippen molar-refractivity contribution in [3.63, 3.8) is 0 Å². The third kappa shape index (κ3) is 61.0. The minimum absolute atomic E-state index is 0.00694. The molecule has 26 nitrogen and oxygen atoms in total. The standard InChI is InChI=1S/C10H14.2C9H13N.3C8H12N2.C8H13N.3C7H12N2.2C7H11NO.3C7H11NS.C5H10N4/c1-10(2,3)9-7-5-4-6-8-9;1-9(2,3)8-4-6-10-7-5-8;1-9(2,3)8-6-4-5-7-10-8;1-8(2,3)7-6-9-4-5-10-7;1-8(2,3)7-4-5-9-6-10-7;1-8(2,3)7-9-5-4-6-10-7;1-8(2,3)7-5-4-6-9-7;1-7(2,3)6-4-8-5-9-6;2*1-7(2,3)6-4-5-8-9-6;1-7(2,3)6-8-4-5-9-6;1-7(2,3)6-4-5-9-8-6;1-7(2,3)6-4-9-5-8-6;1-7(2,3)6-4-8-5-9-6;1-7(2,3)6-8-4-5-9-6;1-5(2,3)4-6-8-9-7-4/h4-8H,1-3H3;2*4-7H,1-3H3;3*4-6H,1-3H3;4,6H,5H2,1-3H3;4-5H,1-3H3,(H,8,9);5H,4H2,1-3H3;4-5H,1-3H3,(H,8,9);5*4-5H,1-3H3;1-3H3,(H,6,7,8,9). The van der Waals surface area contributed by atoms with Crippen LogP contribution in [0, 0.1) is 10.8 Å². The topological polar surface area (TPSA) is 343 Å². The maximum Gasteiger partial charge on any atom is 0.199 e. The molecule has 3 N–H and O–H groups in total. The molecule has 0 spiro atoms. The molecule has 1 aromatic carbocycles. The van der Waals surface area contributed by atoms with Gasteiger partial charge in [0.05, 0.1) is 51.3 Å². The fourth-order valence-electron chi connectivity index (χ4n) is 11.1. The smallest absolute Gasteiger partial charge is 0.199 e. The van der Waals surface area contributed by atoms with Crippen LogP contribution >= 0.6 is 34.0 Å². The summed E-state index contributed by atoms with van der Waals surface area (Å²) in [6.07, 6.45) is 39.4. The molecule has 0 saturated heterocycles. The van der Waals surface area contributed by atoms with Gasteiger partial charge in [-0.25, -0.2) is 39.9 Å². The third-order valence-electron chi connectivity index (χ3n) is 20.8. The zero-order valence-electron chi connectivity index (χ0n) is 101. The Hall–Kier alpha value is -11.7. The zero-order valence-corrected chi connectivity index (χ0v) is 103. The molecule has 0 bridgehead atoms. The zero-order chi connectivity index (χ0) is 115. The van der Waals surface area contributed by atoms with Crippen molar-refractivity contribution in [2.24, 2.45) is 26.0 Å². The molecule has 150 heavy (non-hydrogen) atoms. The molecular weight excluding hydrogens is 1920 g/mol. The molecule has 824 valence electrons. The molecule has 0 radical (unpaired) electrons. The van der Waals surface area contributed by atoms with Crippen LogP contribution in [0.5, 0.6) is 0 Å². The molecule has 2 aliphatic heterocycles. The average Bonchev–Trinajstić information content (AvgIpc) is 1.63. The van der Waals surface area contributed by atoms with Gasteiger partial charge < -0.3 is 13.9 Å². The quantitative estimate of drug-likeness (QED) is 0.127. The van der Waals surface area contributed by atoms with Gasteiger partial charge in [0.2, 0.25) is 0 Å². The number of nitrogens with zero attached hydrogens (tertiary/aromatic N) is 21. The number of pyridine rings is 2. The normalized spacial score (nSPS) is 12.5. The molecule has 0 unspecified atom stereocenters.